The van der Waals surface area contributed by atoms with E-state index in [1.807, 2.05) is 0 Å². The van der Waals surface area contributed by atoms with E-state index in [1.165, 1.54) is 19.4 Å². The summed E-state index contributed by atoms with van der Waals surface area (Å²) in [4.78, 5) is 14.9. The summed E-state index contributed by atoms with van der Waals surface area (Å²) in [6.07, 6.45) is 1.37. The van der Waals surface area contributed by atoms with Crippen LogP contribution < -0.4 is 5.32 Å². The molecule has 0 aliphatic rings. The van der Waals surface area contributed by atoms with Gasteiger partial charge in [-0.3, -0.25) is 4.79 Å². The molecular formula is C8H8Cl2N2O2. The number of anilines is 1. The van der Waals surface area contributed by atoms with Crippen LogP contribution in [-0.4, -0.2) is 24.6 Å². The number of nitrogens with one attached hydrogen (secondary N) is 1. The van der Waals surface area contributed by atoms with Crippen LogP contribution in [0.1, 0.15) is 0 Å². The number of carbonyl (C=O) groups is 1. The second-order valence-electron chi connectivity index (χ2n) is 2.47. The Bertz CT molecular complexity index is 344. The van der Waals surface area contributed by atoms with Crippen molar-refractivity contribution in [2.45, 2.75) is 0 Å². The molecule has 14 heavy (non-hydrogen) atoms. The zero-order valence-electron chi connectivity index (χ0n) is 7.38. The molecule has 0 radical (unpaired) electrons. The summed E-state index contributed by atoms with van der Waals surface area (Å²) in [5.74, 6) is -0.295. The number of halogens is 2. The molecule has 0 aliphatic carbocycles. The lowest BCUT2D eigenvalue weighted by molar-refractivity contribution is -0.119. The van der Waals surface area contributed by atoms with Gasteiger partial charge in [-0.15, -0.1) is 0 Å². The largest absolute Gasteiger partial charge is 0.375 e. The summed E-state index contributed by atoms with van der Waals surface area (Å²) in [5.41, 5.74) is 0.425. The topological polar surface area (TPSA) is 51.2 Å². The summed E-state index contributed by atoms with van der Waals surface area (Å²) in [5, 5.41) is 3.13. The van der Waals surface area contributed by atoms with Crippen molar-refractivity contribution in [3.05, 3.63) is 22.4 Å². The van der Waals surface area contributed by atoms with Crippen molar-refractivity contribution in [3.8, 4) is 0 Å². The number of rotatable bonds is 3. The van der Waals surface area contributed by atoms with Gasteiger partial charge in [0.25, 0.3) is 0 Å². The Balaban J connectivity index is 2.75. The van der Waals surface area contributed by atoms with E-state index in [0.29, 0.717) is 10.7 Å². The monoisotopic (exact) mass is 234 g/mol. The van der Waals surface area contributed by atoms with Crippen molar-refractivity contribution < 1.29 is 9.53 Å². The predicted octanol–water partition coefficient (Wildman–Crippen LogP) is 1.97. The van der Waals surface area contributed by atoms with Crippen LogP contribution in [0, 0.1) is 0 Å². The fourth-order valence-corrected chi connectivity index (χ4v) is 1.13. The molecule has 0 bridgehead atoms. The number of carbonyl (C=O) groups excluding carboxylic acids is 1. The molecule has 0 atom stereocenters. The summed E-state index contributed by atoms with van der Waals surface area (Å²) in [6.45, 7) is -0.0315. The van der Waals surface area contributed by atoms with E-state index in [0.717, 1.165) is 0 Å². The predicted molar refractivity (Wildman–Crippen MR) is 54.8 cm³/mol. The Labute approximate surface area is 91.2 Å². The second kappa shape index (κ2) is 5.14. The second-order valence-corrected chi connectivity index (χ2v) is 3.26. The lowest BCUT2D eigenvalue weighted by Gasteiger charge is -2.05. The summed E-state index contributed by atoms with van der Waals surface area (Å²) < 4.78 is 4.64. The van der Waals surface area contributed by atoms with E-state index in [1.54, 1.807) is 0 Å². The Morgan fingerprint density at radius 1 is 1.64 bits per heavy atom. The third-order valence-corrected chi connectivity index (χ3v) is 1.88. The summed E-state index contributed by atoms with van der Waals surface area (Å²) in [6, 6.07) is 1.47. The van der Waals surface area contributed by atoms with Crippen LogP contribution in [-0.2, 0) is 9.53 Å². The Morgan fingerprint density at radius 3 is 3.00 bits per heavy atom. The molecule has 0 aromatic carbocycles. The molecule has 0 saturated heterocycles. The van der Waals surface area contributed by atoms with Gasteiger partial charge >= 0.3 is 0 Å². The molecule has 0 saturated carbocycles. The van der Waals surface area contributed by atoms with E-state index in [2.05, 4.69) is 15.0 Å². The van der Waals surface area contributed by atoms with Crippen molar-refractivity contribution in [1.82, 2.24) is 4.98 Å². The normalized spacial score (nSPS) is 9.93. The van der Waals surface area contributed by atoms with Gasteiger partial charge in [0.2, 0.25) is 5.91 Å². The molecule has 1 rings (SSSR count). The third kappa shape index (κ3) is 3.14. The SMILES string of the molecule is COCC(=O)Nc1cc(Cl)ncc1Cl. The average molecular weight is 235 g/mol. The smallest absolute Gasteiger partial charge is 0.250 e. The molecule has 1 heterocycles. The quantitative estimate of drug-likeness (QED) is 0.815. The van der Waals surface area contributed by atoms with Gasteiger partial charge in [0.1, 0.15) is 11.8 Å². The maximum Gasteiger partial charge on any atom is 0.250 e. The number of aromatic nitrogens is 1. The van der Waals surface area contributed by atoms with E-state index >= 15 is 0 Å². The average Bonchev–Trinajstić information content (AvgIpc) is 2.12. The van der Waals surface area contributed by atoms with Crippen LogP contribution in [0.4, 0.5) is 5.69 Å². The van der Waals surface area contributed by atoms with Crippen LogP contribution in [0.3, 0.4) is 0 Å². The Morgan fingerprint density at radius 2 is 2.36 bits per heavy atom. The number of ether oxygens (including phenoxy) is 1. The molecule has 0 aliphatic heterocycles. The molecule has 0 spiro atoms. The van der Waals surface area contributed by atoms with E-state index in [9.17, 15) is 4.79 Å². The molecule has 0 unspecified atom stereocenters. The van der Waals surface area contributed by atoms with Crippen molar-refractivity contribution in [1.29, 1.82) is 0 Å². The van der Waals surface area contributed by atoms with Gasteiger partial charge in [-0.2, -0.15) is 0 Å². The van der Waals surface area contributed by atoms with Crippen LogP contribution in [0.15, 0.2) is 12.3 Å². The van der Waals surface area contributed by atoms with Crippen LogP contribution in [0.25, 0.3) is 0 Å². The maximum atomic E-state index is 11.1. The first kappa shape index (κ1) is 11.2. The Kier molecular flexibility index (Phi) is 4.13. The molecular weight excluding hydrogens is 227 g/mol. The summed E-state index contributed by atoms with van der Waals surface area (Å²) >= 11 is 11.4. The third-order valence-electron chi connectivity index (χ3n) is 1.37. The highest BCUT2D eigenvalue weighted by atomic mass is 35.5. The van der Waals surface area contributed by atoms with E-state index in [-0.39, 0.29) is 17.7 Å². The van der Waals surface area contributed by atoms with Gasteiger partial charge in [0.15, 0.2) is 0 Å². The first-order valence-corrected chi connectivity index (χ1v) is 4.49. The zero-order chi connectivity index (χ0) is 10.6. The molecule has 4 nitrogen and oxygen atoms in total. The van der Waals surface area contributed by atoms with Gasteiger partial charge < -0.3 is 10.1 Å². The lowest BCUT2D eigenvalue weighted by atomic mass is 10.4. The Hall–Kier alpha value is -0.840. The minimum Gasteiger partial charge on any atom is -0.375 e. The molecule has 1 aromatic rings. The van der Waals surface area contributed by atoms with Crippen molar-refractivity contribution in [2.24, 2.45) is 0 Å². The van der Waals surface area contributed by atoms with Gasteiger partial charge in [-0.1, -0.05) is 23.2 Å². The number of hydrogen-bond acceptors (Lipinski definition) is 3. The molecule has 1 aromatic heterocycles. The number of methoxy groups -OCH3 is 1. The van der Waals surface area contributed by atoms with Crippen LogP contribution in [0.2, 0.25) is 10.2 Å². The fourth-order valence-electron chi connectivity index (χ4n) is 0.826. The number of nitrogens with zero attached hydrogens (tertiary/aromatic N) is 1. The van der Waals surface area contributed by atoms with Crippen LogP contribution >= 0.6 is 23.2 Å². The first-order valence-electron chi connectivity index (χ1n) is 3.73. The highest BCUT2D eigenvalue weighted by Crippen LogP contribution is 2.22. The first-order chi connectivity index (χ1) is 6.63. The highest BCUT2D eigenvalue weighted by molar-refractivity contribution is 6.35. The molecule has 6 heteroatoms. The van der Waals surface area contributed by atoms with Gasteiger partial charge in [-0.25, -0.2) is 4.98 Å². The van der Waals surface area contributed by atoms with Crippen LogP contribution in [0.5, 0.6) is 0 Å². The fraction of sp³-hybridized carbons (Fsp3) is 0.250. The number of amides is 1. The van der Waals surface area contributed by atoms with Gasteiger partial charge in [0, 0.05) is 19.4 Å². The molecule has 1 amide bonds. The molecule has 0 fully saturated rings. The standard InChI is InChI=1S/C8H8Cl2N2O2/c1-14-4-8(13)12-6-2-7(10)11-3-5(6)9/h2-3H,4H2,1H3,(H,11,12,13). The molecule has 1 N–H and O–H groups in total. The number of pyridine rings is 1. The number of hydrogen-bond donors (Lipinski definition) is 1. The maximum absolute atomic E-state index is 11.1. The zero-order valence-corrected chi connectivity index (χ0v) is 8.89. The minimum atomic E-state index is -0.295. The van der Waals surface area contributed by atoms with E-state index < -0.39 is 0 Å². The lowest BCUT2D eigenvalue weighted by Crippen LogP contribution is -2.17. The van der Waals surface area contributed by atoms with Crippen molar-refractivity contribution in [2.75, 3.05) is 19.0 Å². The summed E-state index contributed by atoms with van der Waals surface area (Å²) in [7, 11) is 1.43. The van der Waals surface area contributed by atoms with Gasteiger partial charge in [0.05, 0.1) is 10.7 Å². The van der Waals surface area contributed by atoms with E-state index in [4.69, 9.17) is 23.2 Å². The minimum absolute atomic E-state index is 0.0315. The van der Waals surface area contributed by atoms with Gasteiger partial charge in [-0.05, 0) is 0 Å². The van der Waals surface area contributed by atoms with Crippen molar-refractivity contribution >= 4 is 34.8 Å². The molecule has 76 valence electrons. The highest BCUT2D eigenvalue weighted by Gasteiger charge is 2.06. The van der Waals surface area contributed by atoms with Crippen molar-refractivity contribution in [3.63, 3.8) is 0 Å².